The number of alkyl halides is 3. The van der Waals surface area contributed by atoms with Gasteiger partial charge in [0.2, 0.25) is 0 Å². The number of nitrogens with zero attached hydrogens (tertiary/aromatic N) is 3. The minimum absolute atomic E-state index is 0.0996. The molecule has 0 radical (unpaired) electrons. The van der Waals surface area contributed by atoms with Crippen LogP contribution >= 0.6 is 0 Å². The minimum atomic E-state index is -4.74. The van der Waals surface area contributed by atoms with Gasteiger partial charge in [-0.25, -0.2) is 0 Å². The highest BCUT2D eigenvalue weighted by atomic mass is 19.4. The highest BCUT2D eigenvalue weighted by Gasteiger charge is 2.63. The van der Waals surface area contributed by atoms with Gasteiger partial charge in [-0.1, -0.05) is 0 Å². The Morgan fingerprint density at radius 1 is 1.58 bits per heavy atom. The molecule has 1 aromatic rings. The average Bonchev–Trinajstić information content (AvgIpc) is 2.85. The number of rotatable bonds is 3. The molecule has 8 heteroatoms. The zero-order valence-electron chi connectivity index (χ0n) is 10.3. The standard InChI is InChI=1S/C11H14F3N3O2/c1-16-4-2-8(15-16)6-17-5-3-10(7-17,9(18)19)11(12,13)14/h2,4H,3,5-7H2,1H3,(H,18,19). The van der Waals surface area contributed by atoms with E-state index in [0.717, 1.165) is 0 Å². The molecule has 1 aromatic heterocycles. The number of hydrogen-bond donors (Lipinski definition) is 1. The van der Waals surface area contributed by atoms with Gasteiger partial charge in [-0.3, -0.25) is 14.4 Å². The summed E-state index contributed by atoms with van der Waals surface area (Å²) >= 11 is 0. The summed E-state index contributed by atoms with van der Waals surface area (Å²) in [7, 11) is 1.71. The van der Waals surface area contributed by atoms with E-state index in [1.165, 1.54) is 4.90 Å². The molecule has 0 amide bonds. The summed E-state index contributed by atoms with van der Waals surface area (Å²) < 4.78 is 40.4. The third-order valence-electron chi connectivity index (χ3n) is 3.45. The van der Waals surface area contributed by atoms with E-state index >= 15 is 0 Å². The maximum absolute atomic E-state index is 13.0. The van der Waals surface area contributed by atoms with E-state index in [4.69, 9.17) is 5.11 Å². The third-order valence-corrected chi connectivity index (χ3v) is 3.45. The molecule has 2 heterocycles. The van der Waals surface area contributed by atoms with Crippen LogP contribution in [0.1, 0.15) is 12.1 Å². The van der Waals surface area contributed by atoms with Crippen LogP contribution in [0.4, 0.5) is 13.2 Å². The van der Waals surface area contributed by atoms with Gasteiger partial charge in [0.05, 0.1) is 5.69 Å². The number of halogens is 3. The first kappa shape index (κ1) is 13.9. The van der Waals surface area contributed by atoms with Crippen LogP contribution in [0.5, 0.6) is 0 Å². The second-order valence-electron chi connectivity index (χ2n) is 4.83. The summed E-state index contributed by atoms with van der Waals surface area (Å²) in [5.41, 5.74) is -2.02. The molecule has 19 heavy (non-hydrogen) atoms. The Kier molecular flexibility index (Phi) is 3.29. The van der Waals surface area contributed by atoms with Gasteiger partial charge >= 0.3 is 12.1 Å². The lowest BCUT2D eigenvalue weighted by Crippen LogP contribution is -2.47. The first-order valence-corrected chi connectivity index (χ1v) is 5.76. The molecule has 106 valence electrons. The number of aliphatic carboxylic acids is 1. The molecular weight excluding hydrogens is 263 g/mol. The lowest BCUT2D eigenvalue weighted by molar-refractivity contribution is -0.227. The van der Waals surface area contributed by atoms with E-state index in [0.29, 0.717) is 5.69 Å². The van der Waals surface area contributed by atoms with E-state index in [1.807, 2.05) is 0 Å². The Bertz CT molecular complexity index is 486. The van der Waals surface area contributed by atoms with Crippen molar-refractivity contribution in [3.8, 4) is 0 Å². The highest BCUT2D eigenvalue weighted by molar-refractivity contribution is 5.76. The summed E-state index contributed by atoms with van der Waals surface area (Å²) in [4.78, 5) is 12.5. The van der Waals surface area contributed by atoms with Crippen molar-refractivity contribution in [1.29, 1.82) is 0 Å². The fraction of sp³-hybridized carbons (Fsp3) is 0.636. The SMILES string of the molecule is Cn1ccc(CN2CCC(C(=O)O)(C(F)(F)F)C2)n1. The fourth-order valence-corrected chi connectivity index (χ4v) is 2.33. The van der Waals surface area contributed by atoms with Crippen LogP contribution in [-0.4, -0.2) is 45.0 Å². The first-order valence-electron chi connectivity index (χ1n) is 5.76. The molecule has 1 aliphatic rings. The number of carboxylic acid groups (broad SMARTS) is 1. The molecule has 0 bridgehead atoms. The molecule has 0 aromatic carbocycles. The van der Waals surface area contributed by atoms with Gasteiger partial charge in [-0.15, -0.1) is 0 Å². The third kappa shape index (κ3) is 2.44. The Hall–Kier alpha value is -1.57. The number of aryl methyl sites for hydroxylation is 1. The zero-order chi connectivity index (χ0) is 14.3. The smallest absolute Gasteiger partial charge is 0.406 e. The fourth-order valence-electron chi connectivity index (χ4n) is 2.33. The number of carbonyl (C=O) groups is 1. The van der Waals surface area contributed by atoms with Crippen LogP contribution in [-0.2, 0) is 18.4 Å². The Morgan fingerprint density at radius 3 is 2.68 bits per heavy atom. The molecular formula is C11H14F3N3O2. The second kappa shape index (κ2) is 4.52. The maximum Gasteiger partial charge on any atom is 0.406 e. The summed E-state index contributed by atoms with van der Waals surface area (Å²) in [6.45, 7) is -0.198. The highest BCUT2D eigenvalue weighted by Crippen LogP contribution is 2.45. The summed E-state index contributed by atoms with van der Waals surface area (Å²) in [6, 6.07) is 1.70. The van der Waals surface area contributed by atoms with Crippen LogP contribution in [0.15, 0.2) is 12.3 Å². The van der Waals surface area contributed by atoms with E-state index in [9.17, 15) is 18.0 Å². The van der Waals surface area contributed by atoms with Crippen molar-refractivity contribution in [1.82, 2.24) is 14.7 Å². The van der Waals surface area contributed by atoms with Crippen molar-refractivity contribution < 1.29 is 23.1 Å². The van der Waals surface area contributed by atoms with Gasteiger partial charge in [-0.05, 0) is 12.5 Å². The van der Waals surface area contributed by atoms with Gasteiger partial charge in [0.1, 0.15) is 0 Å². The van der Waals surface area contributed by atoms with Crippen molar-refractivity contribution in [3.63, 3.8) is 0 Å². The number of likely N-dealkylation sites (tertiary alicyclic amines) is 1. The zero-order valence-corrected chi connectivity index (χ0v) is 10.3. The van der Waals surface area contributed by atoms with Crippen molar-refractivity contribution >= 4 is 5.97 Å². The van der Waals surface area contributed by atoms with Crippen LogP contribution in [0.2, 0.25) is 0 Å². The van der Waals surface area contributed by atoms with Crippen molar-refractivity contribution in [2.75, 3.05) is 13.1 Å². The van der Waals surface area contributed by atoms with Crippen LogP contribution in [0.25, 0.3) is 0 Å². The molecule has 0 spiro atoms. The van der Waals surface area contributed by atoms with Gasteiger partial charge in [-0.2, -0.15) is 18.3 Å². The molecule has 0 aliphatic carbocycles. The molecule has 1 N–H and O–H groups in total. The number of carboxylic acids is 1. The Balaban J connectivity index is 2.11. The van der Waals surface area contributed by atoms with Crippen LogP contribution < -0.4 is 0 Å². The normalized spacial score (nSPS) is 24.8. The summed E-state index contributed by atoms with van der Waals surface area (Å²) in [5.74, 6) is -1.80. The van der Waals surface area contributed by atoms with Gasteiger partial charge in [0.25, 0.3) is 0 Å². The monoisotopic (exact) mass is 277 g/mol. The van der Waals surface area contributed by atoms with Gasteiger partial charge in [0, 0.05) is 32.9 Å². The topological polar surface area (TPSA) is 58.4 Å². The Morgan fingerprint density at radius 2 is 2.26 bits per heavy atom. The van der Waals surface area contributed by atoms with E-state index in [1.54, 1.807) is 24.0 Å². The molecule has 1 unspecified atom stereocenters. The number of hydrogen-bond acceptors (Lipinski definition) is 3. The molecule has 1 aliphatic heterocycles. The first-order chi connectivity index (χ1) is 8.74. The molecule has 1 atom stereocenters. The van der Waals surface area contributed by atoms with Crippen LogP contribution in [0, 0.1) is 5.41 Å². The lowest BCUT2D eigenvalue weighted by Gasteiger charge is -2.27. The van der Waals surface area contributed by atoms with E-state index in [2.05, 4.69) is 5.10 Å². The van der Waals surface area contributed by atoms with Crippen LogP contribution in [0.3, 0.4) is 0 Å². The lowest BCUT2D eigenvalue weighted by atomic mass is 9.86. The van der Waals surface area contributed by atoms with E-state index in [-0.39, 0.29) is 13.1 Å². The molecule has 1 fully saturated rings. The molecule has 5 nitrogen and oxygen atoms in total. The van der Waals surface area contributed by atoms with Gasteiger partial charge in [0.15, 0.2) is 5.41 Å². The molecule has 2 rings (SSSR count). The predicted molar refractivity (Wildman–Crippen MR) is 59.2 cm³/mol. The molecule has 1 saturated heterocycles. The maximum atomic E-state index is 13.0. The molecule has 0 saturated carbocycles. The largest absolute Gasteiger partial charge is 0.481 e. The summed E-state index contributed by atoms with van der Waals surface area (Å²) in [5, 5.41) is 13.0. The number of aromatic nitrogens is 2. The van der Waals surface area contributed by atoms with E-state index < -0.39 is 30.5 Å². The quantitative estimate of drug-likeness (QED) is 0.903. The minimum Gasteiger partial charge on any atom is -0.481 e. The van der Waals surface area contributed by atoms with Crippen molar-refractivity contribution in [2.45, 2.75) is 19.1 Å². The predicted octanol–water partition coefficient (Wildman–Crippen LogP) is 1.26. The van der Waals surface area contributed by atoms with Gasteiger partial charge < -0.3 is 5.11 Å². The van der Waals surface area contributed by atoms with Crippen molar-refractivity contribution in [2.24, 2.45) is 12.5 Å². The second-order valence-corrected chi connectivity index (χ2v) is 4.83. The Labute approximate surface area is 107 Å². The van der Waals surface area contributed by atoms with Crippen molar-refractivity contribution in [3.05, 3.63) is 18.0 Å². The average molecular weight is 277 g/mol. The summed E-state index contributed by atoms with van der Waals surface area (Å²) in [6.07, 6.45) is -3.46.